The molecule has 0 N–H and O–H groups in total. The van der Waals surface area contributed by atoms with E-state index in [1.54, 1.807) is 17.0 Å². The van der Waals surface area contributed by atoms with E-state index in [-0.39, 0.29) is 12.5 Å². The zero-order valence-corrected chi connectivity index (χ0v) is 17.9. The van der Waals surface area contributed by atoms with Crippen molar-refractivity contribution in [3.63, 3.8) is 0 Å². The van der Waals surface area contributed by atoms with Gasteiger partial charge in [-0.15, -0.1) is 6.58 Å². The number of alkyl halides is 3. The molecule has 0 aliphatic rings. The summed E-state index contributed by atoms with van der Waals surface area (Å²) in [6.07, 6.45) is -0.913. The Kier molecular flexibility index (Phi) is 6.36. The Morgan fingerprint density at radius 2 is 1.73 bits per heavy atom. The maximum Gasteiger partial charge on any atom is 0.416 e. The van der Waals surface area contributed by atoms with Crippen LogP contribution in [0.5, 0.6) is 0 Å². The van der Waals surface area contributed by atoms with E-state index < -0.39 is 11.7 Å². The summed E-state index contributed by atoms with van der Waals surface area (Å²) in [5, 5.41) is 2.04. The Hall–Kier alpha value is -3.80. The number of fused-ring (bicyclic) bond motifs is 1. The van der Waals surface area contributed by atoms with Gasteiger partial charge in [-0.05, 0) is 52.7 Å². The second-order valence-corrected chi connectivity index (χ2v) is 7.86. The van der Waals surface area contributed by atoms with Crippen LogP contribution in [0.15, 0.2) is 97.7 Å². The Bertz CT molecular complexity index is 1290. The number of rotatable bonds is 7. The third kappa shape index (κ3) is 5.17. The lowest BCUT2D eigenvalue weighted by molar-refractivity contribution is -0.137. The van der Waals surface area contributed by atoms with E-state index in [1.165, 1.54) is 6.07 Å². The molecule has 0 saturated heterocycles. The second-order valence-electron chi connectivity index (χ2n) is 7.86. The number of carbonyl (C=O) groups is 1. The van der Waals surface area contributed by atoms with Gasteiger partial charge in [-0.1, -0.05) is 48.5 Å². The predicted octanol–water partition coefficient (Wildman–Crippen LogP) is 6.54. The first kappa shape index (κ1) is 22.4. The smallest absolute Gasteiger partial charge is 0.345 e. The summed E-state index contributed by atoms with van der Waals surface area (Å²) < 4.78 is 41.1. The van der Waals surface area contributed by atoms with Gasteiger partial charge in [0.2, 0.25) is 0 Å². The van der Waals surface area contributed by atoms with Crippen molar-refractivity contribution in [1.82, 2.24) is 9.47 Å². The minimum atomic E-state index is -4.39. The lowest BCUT2D eigenvalue weighted by Gasteiger charge is -2.23. The minimum Gasteiger partial charge on any atom is -0.345 e. The van der Waals surface area contributed by atoms with Crippen molar-refractivity contribution in [3.8, 4) is 0 Å². The summed E-state index contributed by atoms with van der Waals surface area (Å²) in [4.78, 5) is 14.9. The number of hydrogen-bond donors (Lipinski definition) is 0. The highest BCUT2D eigenvalue weighted by atomic mass is 19.4. The molecule has 0 bridgehead atoms. The topological polar surface area (TPSA) is 25.2 Å². The molecule has 0 unspecified atom stereocenters. The maximum absolute atomic E-state index is 13.3. The second kappa shape index (κ2) is 9.36. The Morgan fingerprint density at radius 3 is 2.48 bits per heavy atom. The summed E-state index contributed by atoms with van der Waals surface area (Å²) in [5.74, 6) is -0.132. The highest BCUT2D eigenvalue weighted by Crippen LogP contribution is 2.30. The highest BCUT2D eigenvalue weighted by Gasteiger charge is 2.30. The average molecular weight is 448 g/mol. The van der Waals surface area contributed by atoms with Gasteiger partial charge in [-0.25, -0.2) is 0 Å². The molecule has 1 aromatic heterocycles. The number of benzene rings is 3. The standard InChI is InChI=1S/C27H23F3N2O/c1-2-14-32(26(33)23-13-12-21-8-3-4-9-22(21)17-23)19-25-11-6-15-31(25)18-20-7-5-10-24(16-20)27(28,29)30/h2-13,15-17H,1,14,18-19H2. The van der Waals surface area contributed by atoms with Crippen LogP contribution >= 0.6 is 0 Å². The molecule has 1 heterocycles. The lowest BCUT2D eigenvalue weighted by Crippen LogP contribution is -2.31. The quantitative estimate of drug-likeness (QED) is 0.295. The van der Waals surface area contributed by atoms with Crippen molar-refractivity contribution in [2.45, 2.75) is 19.3 Å². The third-order valence-electron chi connectivity index (χ3n) is 5.52. The zero-order chi connectivity index (χ0) is 23.4. The molecule has 3 aromatic carbocycles. The van der Waals surface area contributed by atoms with Gasteiger partial charge in [-0.3, -0.25) is 4.79 Å². The summed E-state index contributed by atoms with van der Waals surface area (Å²) in [6, 6.07) is 22.4. The summed E-state index contributed by atoms with van der Waals surface area (Å²) in [5.41, 5.74) is 1.27. The van der Waals surface area contributed by atoms with E-state index >= 15 is 0 Å². The van der Waals surface area contributed by atoms with Gasteiger partial charge in [-0.2, -0.15) is 13.2 Å². The van der Waals surface area contributed by atoms with Gasteiger partial charge >= 0.3 is 6.18 Å². The molecule has 4 aromatic rings. The Balaban J connectivity index is 1.56. The van der Waals surface area contributed by atoms with Crippen LogP contribution < -0.4 is 0 Å². The number of amides is 1. The zero-order valence-electron chi connectivity index (χ0n) is 17.9. The van der Waals surface area contributed by atoms with E-state index in [2.05, 4.69) is 6.58 Å². The molecule has 6 heteroatoms. The summed E-state index contributed by atoms with van der Waals surface area (Å²) in [7, 11) is 0. The molecular weight excluding hydrogens is 425 g/mol. The van der Waals surface area contributed by atoms with E-state index in [4.69, 9.17) is 0 Å². The van der Waals surface area contributed by atoms with Gasteiger partial charge < -0.3 is 9.47 Å². The van der Waals surface area contributed by atoms with Crippen LogP contribution in [0.4, 0.5) is 13.2 Å². The molecule has 0 aliphatic carbocycles. The van der Waals surface area contributed by atoms with Crippen LogP contribution in [0.2, 0.25) is 0 Å². The SMILES string of the molecule is C=CCN(Cc1cccn1Cc1cccc(C(F)(F)F)c1)C(=O)c1ccc2ccccc2c1. The molecule has 4 rings (SSSR count). The minimum absolute atomic E-state index is 0.132. The van der Waals surface area contributed by atoms with Crippen molar-refractivity contribution >= 4 is 16.7 Å². The molecule has 0 saturated carbocycles. The number of nitrogens with zero attached hydrogens (tertiary/aromatic N) is 2. The van der Waals surface area contributed by atoms with Gasteiger partial charge in [0.05, 0.1) is 12.1 Å². The fourth-order valence-corrected chi connectivity index (χ4v) is 3.87. The molecule has 0 spiro atoms. The summed E-state index contributed by atoms with van der Waals surface area (Å²) in [6.45, 7) is 4.70. The van der Waals surface area contributed by atoms with Crippen molar-refractivity contribution in [3.05, 3.63) is 120 Å². The van der Waals surface area contributed by atoms with Crippen LogP contribution in [-0.4, -0.2) is 21.9 Å². The van der Waals surface area contributed by atoms with Crippen LogP contribution in [-0.2, 0) is 19.3 Å². The molecule has 33 heavy (non-hydrogen) atoms. The van der Waals surface area contributed by atoms with E-state index in [0.29, 0.717) is 24.2 Å². The van der Waals surface area contributed by atoms with Crippen LogP contribution in [0.3, 0.4) is 0 Å². The molecule has 1 amide bonds. The number of halogens is 3. The number of carbonyl (C=O) groups excluding carboxylic acids is 1. The van der Waals surface area contributed by atoms with Crippen molar-refractivity contribution < 1.29 is 18.0 Å². The first-order valence-corrected chi connectivity index (χ1v) is 10.5. The normalized spacial score (nSPS) is 11.5. The Labute approximate surface area is 190 Å². The molecular formula is C27H23F3N2O. The largest absolute Gasteiger partial charge is 0.416 e. The fourth-order valence-electron chi connectivity index (χ4n) is 3.87. The lowest BCUT2D eigenvalue weighted by atomic mass is 10.1. The molecule has 0 aliphatic heterocycles. The maximum atomic E-state index is 13.3. The van der Waals surface area contributed by atoms with Crippen molar-refractivity contribution in [2.75, 3.05) is 6.54 Å². The molecule has 0 radical (unpaired) electrons. The van der Waals surface area contributed by atoms with Gasteiger partial charge in [0.25, 0.3) is 5.91 Å². The first-order valence-electron chi connectivity index (χ1n) is 10.5. The first-order chi connectivity index (χ1) is 15.8. The van der Waals surface area contributed by atoms with E-state index in [9.17, 15) is 18.0 Å². The van der Waals surface area contributed by atoms with Gasteiger partial charge in [0.1, 0.15) is 0 Å². The van der Waals surface area contributed by atoms with Crippen LogP contribution in [0.25, 0.3) is 10.8 Å². The van der Waals surface area contributed by atoms with Crippen molar-refractivity contribution in [1.29, 1.82) is 0 Å². The fraction of sp³-hybridized carbons (Fsp3) is 0.148. The third-order valence-corrected chi connectivity index (χ3v) is 5.52. The summed E-state index contributed by atoms with van der Waals surface area (Å²) >= 11 is 0. The van der Waals surface area contributed by atoms with Gasteiger partial charge in [0.15, 0.2) is 0 Å². The van der Waals surface area contributed by atoms with Crippen LogP contribution in [0, 0.1) is 0 Å². The monoisotopic (exact) mass is 448 g/mol. The number of aromatic nitrogens is 1. The molecule has 0 fully saturated rings. The number of hydrogen-bond acceptors (Lipinski definition) is 1. The molecule has 0 atom stereocenters. The van der Waals surface area contributed by atoms with E-state index in [1.807, 2.05) is 65.4 Å². The van der Waals surface area contributed by atoms with E-state index in [0.717, 1.165) is 28.6 Å². The van der Waals surface area contributed by atoms with Crippen LogP contribution in [0.1, 0.15) is 27.2 Å². The predicted molar refractivity (Wildman–Crippen MR) is 124 cm³/mol. The highest BCUT2D eigenvalue weighted by molar-refractivity contribution is 5.98. The Morgan fingerprint density at radius 1 is 0.939 bits per heavy atom. The van der Waals surface area contributed by atoms with Gasteiger partial charge in [0, 0.05) is 30.5 Å². The molecule has 3 nitrogen and oxygen atoms in total. The average Bonchev–Trinajstić information content (AvgIpc) is 3.24. The molecule has 168 valence electrons. The van der Waals surface area contributed by atoms with Crippen molar-refractivity contribution in [2.24, 2.45) is 0 Å².